The number of hydrogen-bond acceptors (Lipinski definition) is 2. The van der Waals surface area contributed by atoms with Crippen molar-refractivity contribution in [2.45, 2.75) is 13.5 Å². The Morgan fingerprint density at radius 2 is 1.54 bits per heavy atom. The summed E-state index contributed by atoms with van der Waals surface area (Å²) in [6.07, 6.45) is 0. The molecule has 0 N–H and O–H groups in total. The standard InChI is InChI=1S/C19H19Cl2N3/c1-3-23(2)13-17-12-19(14-4-6-15(20)7-5-14)24(22-17)18-10-8-16(21)9-11-18/h4-12H,3,13H2,1-2H3. The Hall–Kier alpha value is -1.81. The Balaban J connectivity index is 2.07. The van der Waals surface area contributed by atoms with E-state index in [0.29, 0.717) is 5.02 Å². The van der Waals surface area contributed by atoms with Crippen molar-refractivity contribution >= 4 is 23.2 Å². The van der Waals surface area contributed by atoms with E-state index >= 15 is 0 Å². The fraction of sp³-hybridized carbons (Fsp3) is 0.211. The maximum absolute atomic E-state index is 6.02. The van der Waals surface area contributed by atoms with E-state index in [1.165, 1.54) is 0 Å². The Kier molecular flexibility index (Phi) is 5.24. The summed E-state index contributed by atoms with van der Waals surface area (Å²) in [5.41, 5.74) is 4.12. The number of halogens is 2. The molecule has 3 aromatic rings. The second-order valence-corrected chi connectivity index (χ2v) is 6.62. The number of benzene rings is 2. The SMILES string of the molecule is CCN(C)Cc1cc(-c2ccc(Cl)cc2)n(-c2ccc(Cl)cc2)n1. The topological polar surface area (TPSA) is 21.1 Å². The highest BCUT2D eigenvalue weighted by Crippen LogP contribution is 2.26. The first kappa shape index (κ1) is 17.0. The lowest BCUT2D eigenvalue weighted by molar-refractivity contribution is 0.340. The van der Waals surface area contributed by atoms with Crippen LogP contribution in [-0.4, -0.2) is 28.3 Å². The van der Waals surface area contributed by atoms with Crippen molar-refractivity contribution < 1.29 is 0 Å². The Bertz CT molecular complexity index is 745. The van der Waals surface area contributed by atoms with Gasteiger partial charge in [-0.25, -0.2) is 4.68 Å². The van der Waals surface area contributed by atoms with Gasteiger partial charge in [0.2, 0.25) is 0 Å². The summed E-state index contributed by atoms with van der Waals surface area (Å²) in [5.74, 6) is 0. The Morgan fingerprint density at radius 1 is 0.958 bits per heavy atom. The fourth-order valence-electron chi connectivity index (χ4n) is 2.50. The van der Waals surface area contributed by atoms with Crippen LogP contribution < -0.4 is 0 Å². The zero-order valence-corrected chi connectivity index (χ0v) is 15.2. The predicted molar refractivity (Wildman–Crippen MR) is 101 cm³/mol. The lowest BCUT2D eigenvalue weighted by Crippen LogP contribution is -2.17. The third kappa shape index (κ3) is 3.81. The van der Waals surface area contributed by atoms with Crippen LogP contribution in [-0.2, 0) is 6.54 Å². The van der Waals surface area contributed by atoms with Crippen LogP contribution in [0.1, 0.15) is 12.6 Å². The van der Waals surface area contributed by atoms with E-state index in [1.54, 1.807) is 0 Å². The quantitative estimate of drug-likeness (QED) is 0.616. The summed E-state index contributed by atoms with van der Waals surface area (Å²) in [5, 5.41) is 6.23. The van der Waals surface area contributed by atoms with Crippen molar-refractivity contribution in [3.63, 3.8) is 0 Å². The highest BCUT2D eigenvalue weighted by Gasteiger charge is 2.13. The molecule has 0 aliphatic carbocycles. The molecule has 0 saturated carbocycles. The minimum Gasteiger partial charge on any atom is -0.301 e. The van der Waals surface area contributed by atoms with E-state index in [4.69, 9.17) is 28.3 Å². The van der Waals surface area contributed by atoms with E-state index in [2.05, 4.69) is 24.9 Å². The van der Waals surface area contributed by atoms with Gasteiger partial charge in [-0.3, -0.25) is 0 Å². The molecule has 0 amide bonds. The molecule has 3 nitrogen and oxygen atoms in total. The van der Waals surface area contributed by atoms with Gasteiger partial charge in [-0.2, -0.15) is 5.10 Å². The van der Waals surface area contributed by atoms with Crippen molar-refractivity contribution in [2.75, 3.05) is 13.6 Å². The van der Waals surface area contributed by atoms with Gasteiger partial charge in [-0.1, -0.05) is 42.3 Å². The second kappa shape index (κ2) is 7.39. The number of nitrogens with zero attached hydrogens (tertiary/aromatic N) is 3. The van der Waals surface area contributed by atoms with Crippen LogP contribution in [0, 0.1) is 0 Å². The Morgan fingerprint density at radius 3 is 2.12 bits per heavy atom. The van der Waals surface area contributed by atoms with Gasteiger partial charge < -0.3 is 4.90 Å². The van der Waals surface area contributed by atoms with Gasteiger partial charge in [0.1, 0.15) is 0 Å². The van der Waals surface area contributed by atoms with Crippen molar-refractivity contribution in [3.05, 3.63) is 70.3 Å². The summed E-state index contributed by atoms with van der Waals surface area (Å²) in [4.78, 5) is 2.22. The summed E-state index contributed by atoms with van der Waals surface area (Å²) in [7, 11) is 2.09. The third-order valence-electron chi connectivity index (χ3n) is 3.94. The average Bonchev–Trinajstić information content (AvgIpc) is 2.99. The number of aromatic nitrogens is 2. The number of hydrogen-bond donors (Lipinski definition) is 0. The molecule has 0 aliphatic heterocycles. The largest absolute Gasteiger partial charge is 0.301 e. The second-order valence-electron chi connectivity index (χ2n) is 5.75. The van der Waals surface area contributed by atoms with E-state index in [1.807, 2.05) is 53.2 Å². The summed E-state index contributed by atoms with van der Waals surface area (Å²) in [6, 6.07) is 17.7. The molecule has 0 fully saturated rings. The highest BCUT2D eigenvalue weighted by molar-refractivity contribution is 6.30. The van der Waals surface area contributed by atoms with Gasteiger partial charge in [0.15, 0.2) is 0 Å². The minimum absolute atomic E-state index is 0.713. The molecule has 1 aromatic heterocycles. The van der Waals surface area contributed by atoms with Gasteiger partial charge in [-0.15, -0.1) is 0 Å². The highest BCUT2D eigenvalue weighted by atomic mass is 35.5. The third-order valence-corrected chi connectivity index (χ3v) is 4.45. The van der Waals surface area contributed by atoms with Gasteiger partial charge >= 0.3 is 0 Å². The molecule has 24 heavy (non-hydrogen) atoms. The Labute approximate surface area is 152 Å². The van der Waals surface area contributed by atoms with Crippen LogP contribution in [0.2, 0.25) is 10.0 Å². The molecule has 1 heterocycles. The predicted octanol–water partition coefficient (Wildman–Crippen LogP) is 5.30. The molecule has 124 valence electrons. The van der Waals surface area contributed by atoms with E-state index in [-0.39, 0.29) is 0 Å². The molecule has 0 atom stereocenters. The van der Waals surface area contributed by atoms with Crippen LogP contribution in [0.3, 0.4) is 0 Å². The van der Waals surface area contributed by atoms with Crippen LogP contribution in [0.15, 0.2) is 54.6 Å². The molecular formula is C19H19Cl2N3. The first-order chi connectivity index (χ1) is 11.6. The summed E-state index contributed by atoms with van der Waals surface area (Å²) < 4.78 is 1.96. The molecule has 0 aliphatic rings. The fourth-order valence-corrected chi connectivity index (χ4v) is 2.75. The molecule has 0 bridgehead atoms. The maximum atomic E-state index is 6.02. The van der Waals surface area contributed by atoms with Crippen molar-refractivity contribution in [3.8, 4) is 16.9 Å². The zero-order chi connectivity index (χ0) is 17.1. The molecule has 0 spiro atoms. The summed E-state index contributed by atoms with van der Waals surface area (Å²) >= 11 is 12.0. The average molecular weight is 360 g/mol. The monoisotopic (exact) mass is 359 g/mol. The van der Waals surface area contributed by atoms with Gasteiger partial charge in [-0.05, 0) is 56.1 Å². The lowest BCUT2D eigenvalue weighted by atomic mass is 10.1. The van der Waals surface area contributed by atoms with Crippen LogP contribution in [0.25, 0.3) is 16.9 Å². The maximum Gasteiger partial charge on any atom is 0.0775 e. The first-order valence-corrected chi connectivity index (χ1v) is 8.62. The molecular weight excluding hydrogens is 341 g/mol. The molecule has 2 aromatic carbocycles. The normalized spacial score (nSPS) is 11.2. The van der Waals surface area contributed by atoms with Crippen molar-refractivity contribution in [1.29, 1.82) is 0 Å². The van der Waals surface area contributed by atoms with Gasteiger partial charge in [0.25, 0.3) is 0 Å². The van der Waals surface area contributed by atoms with Crippen molar-refractivity contribution in [2.24, 2.45) is 0 Å². The number of rotatable bonds is 5. The van der Waals surface area contributed by atoms with E-state index in [9.17, 15) is 0 Å². The first-order valence-electron chi connectivity index (χ1n) is 7.86. The smallest absolute Gasteiger partial charge is 0.0775 e. The molecule has 0 radical (unpaired) electrons. The zero-order valence-electron chi connectivity index (χ0n) is 13.7. The minimum atomic E-state index is 0.713. The van der Waals surface area contributed by atoms with E-state index < -0.39 is 0 Å². The summed E-state index contributed by atoms with van der Waals surface area (Å²) in [6.45, 7) is 3.91. The van der Waals surface area contributed by atoms with Gasteiger partial charge in [0, 0.05) is 22.2 Å². The molecule has 0 unspecified atom stereocenters. The van der Waals surface area contributed by atoms with Crippen molar-refractivity contribution in [1.82, 2.24) is 14.7 Å². The lowest BCUT2D eigenvalue weighted by Gasteiger charge is -2.11. The van der Waals surface area contributed by atoms with Gasteiger partial charge in [0.05, 0.1) is 17.1 Å². The van der Waals surface area contributed by atoms with Crippen LogP contribution in [0.4, 0.5) is 0 Å². The van der Waals surface area contributed by atoms with E-state index in [0.717, 1.165) is 40.8 Å². The van der Waals surface area contributed by atoms with Crippen LogP contribution >= 0.6 is 23.2 Å². The molecule has 5 heteroatoms. The van der Waals surface area contributed by atoms with Crippen LogP contribution in [0.5, 0.6) is 0 Å². The molecule has 0 saturated heterocycles. The molecule has 3 rings (SSSR count).